The number of ether oxygens (including phenoxy) is 2. The molecule has 0 saturated heterocycles. The maximum absolute atomic E-state index is 12.6. The number of hydrogen-bond acceptors (Lipinski definition) is 7. The number of aromatic nitrogens is 1. The number of esters is 2. The Kier molecular flexibility index (Phi) is 8.39. The number of nitrogens with zero attached hydrogens (tertiary/aromatic N) is 1. The molecule has 32 heavy (non-hydrogen) atoms. The van der Waals surface area contributed by atoms with E-state index in [4.69, 9.17) is 9.47 Å². The molecule has 8 heteroatoms. The Hall–Kier alpha value is -3.65. The van der Waals surface area contributed by atoms with Crippen LogP contribution in [0.1, 0.15) is 15.9 Å². The van der Waals surface area contributed by atoms with Crippen molar-refractivity contribution in [2.75, 3.05) is 13.7 Å². The Bertz CT molecular complexity index is 1060. The second kappa shape index (κ2) is 11.7. The normalized spacial score (nSPS) is 11.3. The van der Waals surface area contributed by atoms with Crippen molar-refractivity contribution < 1.29 is 23.9 Å². The van der Waals surface area contributed by atoms with Gasteiger partial charge in [-0.25, -0.2) is 14.6 Å². The van der Waals surface area contributed by atoms with Gasteiger partial charge in [-0.3, -0.25) is 4.79 Å². The summed E-state index contributed by atoms with van der Waals surface area (Å²) in [7, 11) is 1.25. The molecule has 0 radical (unpaired) electrons. The Morgan fingerprint density at radius 2 is 1.66 bits per heavy atom. The monoisotopic (exact) mass is 450 g/mol. The third kappa shape index (κ3) is 6.68. The molecule has 1 amide bonds. The number of carbonyl (C=O) groups is 3. The largest absolute Gasteiger partial charge is 0.467 e. The molecule has 1 atom stereocenters. The molecule has 0 fully saturated rings. The maximum atomic E-state index is 12.6. The molecule has 1 N–H and O–H groups in total. The Balaban J connectivity index is 1.60. The van der Waals surface area contributed by atoms with Gasteiger partial charge >= 0.3 is 11.9 Å². The van der Waals surface area contributed by atoms with Crippen molar-refractivity contribution in [3.05, 3.63) is 90.1 Å². The van der Waals surface area contributed by atoms with Gasteiger partial charge in [0.25, 0.3) is 5.91 Å². The van der Waals surface area contributed by atoms with Crippen molar-refractivity contribution in [1.82, 2.24) is 10.3 Å². The Morgan fingerprint density at radius 1 is 0.969 bits per heavy atom. The molecular weight excluding hydrogens is 428 g/mol. The minimum absolute atomic E-state index is 0.253. The van der Waals surface area contributed by atoms with E-state index in [9.17, 15) is 14.4 Å². The van der Waals surface area contributed by atoms with Crippen LogP contribution in [0.3, 0.4) is 0 Å². The second-order valence-corrected chi connectivity index (χ2v) is 7.74. The predicted octanol–water partition coefficient (Wildman–Crippen LogP) is 3.29. The quantitative estimate of drug-likeness (QED) is 0.500. The van der Waals surface area contributed by atoms with Crippen LogP contribution in [0.25, 0.3) is 0 Å². The number of amides is 1. The highest BCUT2D eigenvalue weighted by Crippen LogP contribution is 2.28. The smallest absolute Gasteiger partial charge is 0.341 e. The van der Waals surface area contributed by atoms with Crippen molar-refractivity contribution >= 4 is 29.6 Å². The van der Waals surface area contributed by atoms with Crippen LogP contribution < -0.4 is 5.32 Å². The van der Waals surface area contributed by atoms with E-state index in [0.29, 0.717) is 5.03 Å². The molecule has 3 rings (SSSR count). The van der Waals surface area contributed by atoms with E-state index in [-0.39, 0.29) is 12.0 Å². The van der Waals surface area contributed by atoms with Gasteiger partial charge in [0.1, 0.15) is 11.1 Å². The number of carbonyl (C=O) groups excluding carboxylic acids is 3. The molecule has 0 aliphatic carbocycles. The zero-order valence-electron chi connectivity index (χ0n) is 17.4. The summed E-state index contributed by atoms with van der Waals surface area (Å²) in [6.07, 6.45) is 1.84. The van der Waals surface area contributed by atoms with Crippen molar-refractivity contribution in [2.24, 2.45) is 0 Å². The van der Waals surface area contributed by atoms with E-state index in [1.807, 2.05) is 60.7 Å². The van der Waals surface area contributed by atoms with E-state index >= 15 is 0 Å². The number of hydrogen-bond donors (Lipinski definition) is 1. The number of nitrogens with one attached hydrogen (secondary N) is 1. The van der Waals surface area contributed by atoms with Gasteiger partial charge in [0.05, 0.1) is 12.7 Å². The highest BCUT2D eigenvalue weighted by molar-refractivity contribution is 7.99. The van der Waals surface area contributed by atoms with Crippen LogP contribution in [0.15, 0.2) is 88.9 Å². The summed E-state index contributed by atoms with van der Waals surface area (Å²) in [6, 6.07) is 21.0. The molecule has 0 spiro atoms. The lowest BCUT2D eigenvalue weighted by molar-refractivity contribution is -0.145. The Labute approximate surface area is 190 Å². The first kappa shape index (κ1) is 23.0. The maximum Gasteiger partial charge on any atom is 0.341 e. The first-order chi connectivity index (χ1) is 15.6. The summed E-state index contributed by atoms with van der Waals surface area (Å²) >= 11 is 1.32. The lowest BCUT2D eigenvalue weighted by Crippen LogP contribution is -2.44. The molecular formula is C24H22N2O5S. The van der Waals surface area contributed by atoms with Crippen molar-refractivity contribution in [2.45, 2.75) is 22.4 Å². The molecule has 3 aromatic rings. The molecule has 7 nitrogen and oxygen atoms in total. The van der Waals surface area contributed by atoms with Crippen LogP contribution in [0.5, 0.6) is 0 Å². The summed E-state index contributed by atoms with van der Waals surface area (Å²) in [4.78, 5) is 42.2. The van der Waals surface area contributed by atoms with E-state index in [1.165, 1.54) is 18.9 Å². The molecule has 0 bridgehead atoms. The SMILES string of the molecule is COC(=O)C(Cc1ccccc1)NC(=O)COC(=O)c1cccnc1Sc1ccccc1. The van der Waals surface area contributed by atoms with Crippen LogP contribution >= 0.6 is 11.8 Å². The molecule has 1 unspecified atom stereocenters. The van der Waals surface area contributed by atoms with Gasteiger partial charge in [-0.1, -0.05) is 60.3 Å². The molecule has 2 aromatic carbocycles. The van der Waals surface area contributed by atoms with Crippen LogP contribution in [0.4, 0.5) is 0 Å². The molecule has 1 aromatic heterocycles. The second-order valence-electron chi connectivity index (χ2n) is 6.68. The fraction of sp³-hybridized carbons (Fsp3) is 0.167. The van der Waals surface area contributed by atoms with Gasteiger partial charge in [-0.15, -0.1) is 0 Å². The minimum atomic E-state index is -0.892. The van der Waals surface area contributed by atoms with Crippen LogP contribution in [0.2, 0.25) is 0 Å². The van der Waals surface area contributed by atoms with Crippen molar-refractivity contribution in [1.29, 1.82) is 0 Å². The summed E-state index contributed by atoms with van der Waals surface area (Å²) < 4.78 is 9.96. The number of methoxy groups -OCH3 is 1. The van der Waals surface area contributed by atoms with Gasteiger partial charge in [-0.05, 0) is 29.8 Å². The van der Waals surface area contributed by atoms with Gasteiger partial charge in [0.2, 0.25) is 0 Å². The van der Waals surface area contributed by atoms with Crippen molar-refractivity contribution in [3.63, 3.8) is 0 Å². The van der Waals surface area contributed by atoms with Crippen LogP contribution in [-0.4, -0.2) is 42.6 Å². The van der Waals surface area contributed by atoms with E-state index in [2.05, 4.69) is 10.3 Å². The van der Waals surface area contributed by atoms with Gasteiger partial charge in [0.15, 0.2) is 6.61 Å². The number of rotatable bonds is 9. The number of pyridine rings is 1. The molecule has 0 aliphatic rings. The highest BCUT2D eigenvalue weighted by Gasteiger charge is 2.23. The minimum Gasteiger partial charge on any atom is -0.467 e. The molecule has 164 valence electrons. The summed E-state index contributed by atoms with van der Waals surface area (Å²) in [6.45, 7) is -0.536. The van der Waals surface area contributed by atoms with E-state index < -0.39 is 30.5 Å². The fourth-order valence-electron chi connectivity index (χ4n) is 2.86. The van der Waals surface area contributed by atoms with E-state index in [0.717, 1.165) is 10.5 Å². The Morgan fingerprint density at radius 3 is 2.34 bits per heavy atom. The van der Waals surface area contributed by atoms with E-state index in [1.54, 1.807) is 18.3 Å². The summed E-state index contributed by atoms with van der Waals surface area (Å²) in [5.74, 6) is -1.86. The van der Waals surface area contributed by atoms with Crippen LogP contribution in [-0.2, 0) is 25.5 Å². The first-order valence-electron chi connectivity index (χ1n) is 9.83. The first-order valence-corrected chi connectivity index (χ1v) is 10.6. The fourth-order valence-corrected chi connectivity index (χ4v) is 3.75. The molecule has 1 heterocycles. The van der Waals surface area contributed by atoms with Gasteiger partial charge < -0.3 is 14.8 Å². The van der Waals surface area contributed by atoms with Crippen molar-refractivity contribution in [3.8, 4) is 0 Å². The zero-order chi connectivity index (χ0) is 22.8. The van der Waals surface area contributed by atoms with Gasteiger partial charge in [-0.2, -0.15) is 0 Å². The van der Waals surface area contributed by atoms with Gasteiger partial charge in [0, 0.05) is 17.5 Å². The lowest BCUT2D eigenvalue weighted by atomic mass is 10.1. The third-order valence-corrected chi connectivity index (χ3v) is 5.41. The average molecular weight is 451 g/mol. The highest BCUT2D eigenvalue weighted by atomic mass is 32.2. The summed E-state index contributed by atoms with van der Waals surface area (Å²) in [5.41, 5.74) is 1.11. The lowest BCUT2D eigenvalue weighted by Gasteiger charge is -2.16. The number of benzene rings is 2. The molecule has 0 aliphatic heterocycles. The van der Waals surface area contributed by atoms with Crippen LogP contribution in [0, 0.1) is 0 Å². The zero-order valence-corrected chi connectivity index (χ0v) is 18.2. The molecule has 0 saturated carbocycles. The predicted molar refractivity (Wildman–Crippen MR) is 119 cm³/mol. The third-order valence-electron chi connectivity index (χ3n) is 4.39. The summed E-state index contributed by atoms with van der Waals surface area (Å²) in [5, 5.41) is 3.04. The topological polar surface area (TPSA) is 94.6 Å². The average Bonchev–Trinajstić information content (AvgIpc) is 2.83. The standard InChI is InChI=1S/C24H22N2O5S/c1-30-24(29)20(15-17-9-4-2-5-10-17)26-21(27)16-31-23(28)19-13-8-14-25-22(19)32-18-11-6-3-7-12-18/h2-14,20H,15-16H2,1H3,(H,26,27).